The van der Waals surface area contributed by atoms with E-state index in [9.17, 15) is 4.79 Å². The van der Waals surface area contributed by atoms with Gasteiger partial charge in [0, 0.05) is 48.9 Å². The van der Waals surface area contributed by atoms with E-state index < -0.39 is 0 Å². The molecule has 1 aliphatic rings. The standard InChI is InChI=1S/C19H20N6O2.ClH/c1-12-16-10-25(6-5-17(16)24-23-12)19(26)13-3-2-4-15(7-13)27-18-8-14(9-20)21-11-22-18;/h2-4,7-8,11H,5-6,9-10,20H2,1H3,(H,23,24);1H. The number of aromatic amines is 1. The minimum atomic E-state index is -0.0305. The molecule has 4 rings (SSSR count). The summed E-state index contributed by atoms with van der Waals surface area (Å²) in [6.45, 7) is 3.49. The molecule has 0 bridgehead atoms. The molecule has 0 fully saturated rings. The molecule has 1 aliphatic heterocycles. The monoisotopic (exact) mass is 400 g/mol. The fourth-order valence-electron chi connectivity index (χ4n) is 3.14. The number of aromatic nitrogens is 4. The van der Waals surface area contributed by atoms with Gasteiger partial charge in [0.15, 0.2) is 0 Å². The zero-order valence-corrected chi connectivity index (χ0v) is 16.2. The number of halogens is 1. The van der Waals surface area contributed by atoms with Crippen LogP contribution in [0.3, 0.4) is 0 Å². The Hall–Kier alpha value is -2.97. The average Bonchev–Trinajstić information content (AvgIpc) is 3.08. The SMILES string of the molecule is Cc1[nH]nc2c1CN(C(=O)c1cccc(Oc3cc(CN)ncn3)c1)CC2.Cl. The van der Waals surface area contributed by atoms with Crippen LogP contribution in [0.5, 0.6) is 11.6 Å². The Morgan fingerprint density at radius 2 is 2.18 bits per heavy atom. The van der Waals surface area contributed by atoms with Gasteiger partial charge in [0.05, 0.1) is 11.4 Å². The minimum Gasteiger partial charge on any atom is -0.439 e. The van der Waals surface area contributed by atoms with E-state index in [-0.39, 0.29) is 18.3 Å². The van der Waals surface area contributed by atoms with Crippen molar-refractivity contribution in [2.45, 2.75) is 26.4 Å². The summed E-state index contributed by atoms with van der Waals surface area (Å²) in [5.41, 5.74) is 10.0. The largest absolute Gasteiger partial charge is 0.439 e. The second-order valence-corrected chi connectivity index (χ2v) is 6.43. The lowest BCUT2D eigenvalue weighted by molar-refractivity contribution is 0.0733. The second-order valence-electron chi connectivity index (χ2n) is 6.43. The molecule has 0 atom stereocenters. The summed E-state index contributed by atoms with van der Waals surface area (Å²) in [5, 5.41) is 7.29. The molecule has 3 aromatic rings. The Labute approximate surface area is 168 Å². The highest BCUT2D eigenvalue weighted by atomic mass is 35.5. The van der Waals surface area contributed by atoms with Crippen LogP contribution in [0.1, 0.15) is 33.0 Å². The van der Waals surface area contributed by atoms with E-state index >= 15 is 0 Å². The Bertz CT molecular complexity index is 990. The molecule has 3 N–H and O–H groups in total. The van der Waals surface area contributed by atoms with Crippen LogP contribution in [0, 0.1) is 6.92 Å². The summed E-state index contributed by atoms with van der Waals surface area (Å²) >= 11 is 0. The van der Waals surface area contributed by atoms with Crippen molar-refractivity contribution in [3.05, 3.63) is 64.9 Å². The van der Waals surface area contributed by atoms with Crippen molar-refractivity contribution in [1.82, 2.24) is 25.1 Å². The second kappa shape index (κ2) is 8.37. The number of nitrogens with two attached hydrogens (primary N) is 1. The van der Waals surface area contributed by atoms with Crippen molar-refractivity contribution < 1.29 is 9.53 Å². The Balaban J connectivity index is 0.00000225. The lowest BCUT2D eigenvalue weighted by Crippen LogP contribution is -2.36. The number of rotatable bonds is 4. The molecular formula is C19H21ClN6O2. The molecule has 8 nitrogen and oxygen atoms in total. The van der Waals surface area contributed by atoms with Gasteiger partial charge in [-0.3, -0.25) is 9.89 Å². The van der Waals surface area contributed by atoms with E-state index in [1.165, 1.54) is 6.33 Å². The molecular weight excluding hydrogens is 380 g/mol. The van der Waals surface area contributed by atoms with Gasteiger partial charge in [-0.05, 0) is 25.1 Å². The third kappa shape index (κ3) is 3.97. The lowest BCUT2D eigenvalue weighted by atomic mass is 10.0. The summed E-state index contributed by atoms with van der Waals surface area (Å²) < 4.78 is 5.77. The van der Waals surface area contributed by atoms with Crippen molar-refractivity contribution in [2.75, 3.05) is 6.54 Å². The Morgan fingerprint density at radius 3 is 3.00 bits per heavy atom. The van der Waals surface area contributed by atoms with Crippen molar-refractivity contribution in [1.29, 1.82) is 0 Å². The summed E-state index contributed by atoms with van der Waals surface area (Å²) in [6, 6.07) is 8.78. The fraction of sp³-hybridized carbons (Fsp3) is 0.263. The first-order valence-electron chi connectivity index (χ1n) is 8.75. The van der Waals surface area contributed by atoms with E-state index in [0.29, 0.717) is 42.5 Å². The van der Waals surface area contributed by atoms with Crippen LogP contribution >= 0.6 is 12.4 Å². The number of nitrogens with zero attached hydrogens (tertiary/aromatic N) is 4. The van der Waals surface area contributed by atoms with Crippen molar-refractivity contribution in [3.63, 3.8) is 0 Å². The van der Waals surface area contributed by atoms with Crippen molar-refractivity contribution in [2.24, 2.45) is 5.73 Å². The first-order chi connectivity index (χ1) is 13.1. The predicted octanol–water partition coefficient (Wildman–Crippen LogP) is 2.38. The first kappa shape index (κ1) is 19.8. The number of fused-ring (bicyclic) bond motifs is 1. The highest BCUT2D eigenvalue weighted by molar-refractivity contribution is 5.94. The number of ether oxygens (including phenoxy) is 1. The molecule has 0 unspecified atom stereocenters. The van der Waals surface area contributed by atoms with Crippen LogP contribution in [-0.2, 0) is 19.5 Å². The highest BCUT2D eigenvalue weighted by Crippen LogP contribution is 2.24. The van der Waals surface area contributed by atoms with Gasteiger partial charge in [0.2, 0.25) is 5.88 Å². The van der Waals surface area contributed by atoms with E-state index in [4.69, 9.17) is 10.5 Å². The van der Waals surface area contributed by atoms with Crippen LogP contribution < -0.4 is 10.5 Å². The molecule has 0 saturated heterocycles. The van der Waals surface area contributed by atoms with Gasteiger partial charge in [-0.25, -0.2) is 9.97 Å². The summed E-state index contributed by atoms with van der Waals surface area (Å²) in [5.74, 6) is 0.906. The van der Waals surface area contributed by atoms with Crippen LogP contribution in [0.25, 0.3) is 0 Å². The number of hydrogen-bond acceptors (Lipinski definition) is 6. The molecule has 146 valence electrons. The molecule has 0 saturated carbocycles. The maximum atomic E-state index is 12.9. The number of carbonyl (C=O) groups excluding carboxylic acids is 1. The maximum Gasteiger partial charge on any atom is 0.254 e. The van der Waals surface area contributed by atoms with Gasteiger partial charge in [-0.15, -0.1) is 12.4 Å². The van der Waals surface area contributed by atoms with Crippen LogP contribution in [0.15, 0.2) is 36.7 Å². The molecule has 0 radical (unpaired) electrons. The van der Waals surface area contributed by atoms with E-state index in [2.05, 4.69) is 20.2 Å². The molecule has 9 heteroatoms. The molecule has 1 aromatic carbocycles. The topological polar surface area (TPSA) is 110 Å². The molecule has 0 spiro atoms. The number of amides is 1. The van der Waals surface area contributed by atoms with Gasteiger partial charge in [-0.2, -0.15) is 5.10 Å². The van der Waals surface area contributed by atoms with Crippen LogP contribution in [0.4, 0.5) is 0 Å². The molecule has 3 heterocycles. The van der Waals surface area contributed by atoms with Gasteiger partial charge in [-0.1, -0.05) is 6.07 Å². The third-order valence-corrected chi connectivity index (χ3v) is 4.63. The van der Waals surface area contributed by atoms with Crippen molar-refractivity contribution >= 4 is 18.3 Å². The van der Waals surface area contributed by atoms with Crippen LogP contribution in [0.2, 0.25) is 0 Å². The smallest absolute Gasteiger partial charge is 0.254 e. The van der Waals surface area contributed by atoms with Gasteiger partial charge in [0.25, 0.3) is 5.91 Å². The number of aryl methyl sites for hydroxylation is 1. The maximum absolute atomic E-state index is 12.9. The summed E-state index contributed by atoms with van der Waals surface area (Å²) in [4.78, 5) is 22.9. The summed E-state index contributed by atoms with van der Waals surface area (Å²) in [6.07, 6.45) is 2.16. The quantitative estimate of drug-likeness (QED) is 0.695. The Morgan fingerprint density at radius 1 is 1.32 bits per heavy atom. The van der Waals surface area contributed by atoms with E-state index in [1.54, 1.807) is 30.3 Å². The number of carbonyl (C=O) groups is 1. The minimum absolute atomic E-state index is 0. The zero-order chi connectivity index (χ0) is 18.8. The predicted molar refractivity (Wildman–Crippen MR) is 105 cm³/mol. The average molecular weight is 401 g/mol. The highest BCUT2D eigenvalue weighted by Gasteiger charge is 2.25. The van der Waals surface area contributed by atoms with Crippen molar-refractivity contribution in [3.8, 4) is 11.6 Å². The number of H-pyrrole nitrogens is 1. The van der Waals surface area contributed by atoms with E-state index in [0.717, 1.165) is 23.4 Å². The summed E-state index contributed by atoms with van der Waals surface area (Å²) in [7, 11) is 0. The number of hydrogen-bond donors (Lipinski definition) is 2. The number of nitrogens with one attached hydrogen (secondary N) is 1. The normalized spacial score (nSPS) is 12.9. The molecule has 28 heavy (non-hydrogen) atoms. The molecule has 1 amide bonds. The zero-order valence-electron chi connectivity index (χ0n) is 15.4. The van der Waals surface area contributed by atoms with Gasteiger partial charge >= 0.3 is 0 Å². The van der Waals surface area contributed by atoms with Gasteiger partial charge < -0.3 is 15.4 Å². The lowest BCUT2D eigenvalue weighted by Gasteiger charge is -2.27. The Kier molecular flexibility index (Phi) is 5.91. The van der Waals surface area contributed by atoms with Gasteiger partial charge in [0.1, 0.15) is 12.1 Å². The van der Waals surface area contributed by atoms with E-state index in [1.807, 2.05) is 11.8 Å². The third-order valence-electron chi connectivity index (χ3n) is 4.63. The molecule has 2 aromatic heterocycles. The fourth-order valence-corrected chi connectivity index (χ4v) is 3.14. The molecule has 0 aliphatic carbocycles. The first-order valence-corrected chi connectivity index (χ1v) is 8.75. The number of benzene rings is 1. The van der Waals surface area contributed by atoms with Crippen LogP contribution in [-0.4, -0.2) is 37.5 Å².